The van der Waals surface area contributed by atoms with Crippen LogP contribution in [0.4, 0.5) is 0 Å². The Bertz CT molecular complexity index is 883. The van der Waals surface area contributed by atoms with Gasteiger partial charge in [-0.1, -0.05) is 48.9 Å². The van der Waals surface area contributed by atoms with Crippen molar-refractivity contribution in [2.45, 2.75) is 25.8 Å². The second-order valence-corrected chi connectivity index (χ2v) is 6.88. The zero-order chi connectivity index (χ0) is 21.9. The SMILES string of the molecule is CCCOc1c(Cl)cc(/C=C/C(=O)NC(CC(=O)OC)c2ccccc2)cc1OC. The zero-order valence-corrected chi connectivity index (χ0v) is 18.1. The number of methoxy groups -OCH3 is 2. The van der Waals surface area contributed by atoms with Crippen molar-refractivity contribution in [1.29, 1.82) is 0 Å². The van der Waals surface area contributed by atoms with Crippen LogP contribution in [0.3, 0.4) is 0 Å². The van der Waals surface area contributed by atoms with Crippen LogP contribution in [0, 0.1) is 0 Å². The predicted octanol–water partition coefficient (Wildman–Crippen LogP) is 4.57. The summed E-state index contributed by atoms with van der Waals surface area (Å²) in [6.45, 7) is 2.52. The number of hydrogen-bond donors (Lipinski definition) is 1. The van der Waals surface area contributed by atoms with Gasteiger partial charge < -0.3 is 19.5 Å². The van der Waals surface area contributed by atoms with Crippen LogP contribution in [-0.2, 0) is 14.3 Å². The van der Waals surface area contributed by atoms with Gasteiger partial charge in [0.25, 0.3) is 0 Å². The minimum atomic E-state index is -0.501. The zero-order valence-electron chi connectivity index (χ0n) is 17.3. The summed E-state index contributed by atoms with van der Waals surface area (Å²) in [7, 11) is 2.85. The molecule has 1 atom stereocenters. The minimum Gasteiger partial charge on any atom is -0.493 e. The van der Waals surface area contributed by atoms with Crippen molar-refractivity contribution in [2.24, 2.45) is 0 Å². The van der Waals surface area contributed by atoms with Gasteiger partial charge in [-0.3, -0.25) is 9.59 Å². The third-order valence-corrected chi connectivity index (χ3v) is 4.53. The number of halogens is 1. The standard InChI is InChI=1S/C23H26ClNO5/c1-4-12-30-23-18(24)13-16(14-20(23)28-2)10-11-21(26)25-19(15-22(27)29-3)17-8-6-5-7-9-17/h5-11,13-14,19H,4,12,15H2,1-3H3,(H,25,26)/b11-10+. The molecule has 160 valence electrons. The van der Waals surface area contributed by atoms with E-state index in [4.69, 9.17) is 25.8 Å². The maximum absolute atomic E-state index is 12.5. The highest BCUT2D eigenvalue weighted by Gasteiger charge is 2.18. The van der Waals surface area contributed by atoms with E-state index in [1.807, 2.05) is 37.3 Å². The van der Waals surface area contributed by atoms with Crippen LogP contribution in [0.1, 0.15) is 36.9 Å². The first-order valence-electron chi connectivity index (χ1n) is 9.59. The van der Waals surface area contributed by atoms with Crippen LogP contribution in [0.2, 0.25) is 5.02 Å². The van der Waals surface area contributed by atoms with Gasteiger partial charge in [0.2, 0.25) is 5.91 Å². The van der Waals surface area contributed by atoms with E-state index in [1.165, 1.54) is 20.3 Å². The Hall–Kier alpha value is -2.99. The molecule has 0 aliphatic heterocycles. The molecule has 2 aromatic carbocycles. The molecule has 0 fully saturated rings. The number of nitrogens with one attached hydrogen (secondary N) is 1. The van der Waals surface area contributed by atoms with Gasteiger partial charge in [-0.2, -0.15) is 0 Å². The van der Waals surface area contributed by atoms with Crippen LogP contribution in [0.25, 0.3) is 6.08 Å². The average molecular weight is 432 g/mol. The third kappa shape index (κ3) is 6.81. The highest BCUT2D eigenvalue weighted by molar-refractivity contribution is 6.32. The number of amides is 1. The monoisotopic (exact) mass is 431 g/mol. The van der Waals surface area contributed by atoms with Crippen molar-refractivity contribution in [1.82, 2.24) is 5.32 Å². The lowest BCUT2D eigenvalue weighted by Crippen LogP contribution is -2.29. The summed E-state index contributed by atoms with van der Waals surface area (Å²) in [5.74, 6) is 0.204. The molecular weight excluding hydrogens is 406 g/mol. The molecule has 6 nitrogen and oxygen atoms in total. The van der Waals surface area contributed by atoms with Gasteiger partial charge in [-0.15, -0.1) is 0 Å². The van der Waals surface area contributed by atoms with E-state index in [0.717, 1.165) is 12.0 Å². The molecule has 7 heteroatoms. The number of hydrogen-bond acceptors (Lipinski definition) is 5. The second-order valence-electron chi connectivity index (χ2n) is 6.47. The maximum Gasteiger partial charge on any atom is 0.307 e. The third-order valence-electron chi connectivity index (χ3n) is 4.25. The van der Waals surface area contributed by atoms with E-state index in [1.54, 1.807) is 18.2 Å². The smallest absolute Gasteiger partial charge is 0.307 e. The molecule has 2 rings (SSSR count). The number of carbonyl (C=O) groups is 2. The Morgan fingerprint density at radius 3 is 2.53 bits per heavy atom. The van der Waals surface area contributed by atoms with E-state index in [9.17, 15) is 9.59 Å². The van der Waals surface area contributed by atoms with E-state index in [-0.39, 0.29) is 12.3 Å². The summed E-state index contributed by atoms with van der Waals surface area (Å²) >= 11 is 6.31. The van der Waals surface area contributed by atoms with Crippen LogP contribution in [0.5, 0.6) is 11.5 Å². The topological polar surface area (TPSA) is 73.9 Å². The lowest BCUT2D eigenvalue weighted by molar-refractivity contribution is -0.141. The quantitative estimate of drug-likeness (QED) is 0.440. The molecule has 0 bridgehead atoms. The summed E-state index contributed by atoms with van der Waals surface area (Å²) in [4.78, 5) is 24.2. The fourth-order valence-corrected chi connectivity index (χ4v) is 3.03. The molecule has 0 heterocycles. The van der Waals surface area contributed by atoms with Crippen LogP contribution >= 0.6 is 11.6 Å². The normalized spacial score (nSPS) is 11.7. The Morgan fingerprint density at radius 1 is 1.17 bits per heavy atom. The summed E-state index contributed by atoms with van der Waals surface area (Å²) in [5.41, 5.74) is 1.49. The summed E-state index contributed by atoms with van der Waals surface area (Å²) in [6, 6.07) is 12.2. The predicted molar refractivity (Wildman–Crippen MR) is 117 cm³/mol. The lowest BCUT2D eigenvalue weighted by Gasteiger charge is -2.17. The largest absolute Gasteiger partial charge is 0.493 e. The van der Waals surface area contributed by atoms with Gasteiger partial charge in [0, 0.05) is 6.08 Å². The van der Waals surface area contributed by atoms with E-state index >= 15 is 0 Å². The molecule has 30 heavy (non-hydrogen) atoms. The number of benzene rings is 2. The molecule has 2 aromatic rings. The van der Waals surface area contributed by atoms with Crippen LogP contribution in [-0.4, -0.2) is 32.7 Å². The molecule has 0 aromatic heterocycles. The van der Waals surface area contributed by atoms with Crippen molar-refractivity contribution < 1.29 is 23.8 Å². The number of esters is 1. The molecule has 0 aliphatic carbocycles. The van der Waals surface area contributed by atoms with Crippen molar-refractivity contribution >= 4 is 29.6 Å². The first-order valence-corrected chi connectivity index (χ1v) is 9.97. The van der Waals surface area contributed by atoms with Crippen molar-refractivity contribution in [3.05, 3.63) is 64.7 Å². The molecule has 0 spiro atoms. The van der Waals surface area contributed by atoms with Crippen LogP contribution < -0.4 is 14.8 Å². The number of carbonyl (C=O) groups excluding carboxylic acids is 2. The molecule has 0 saturated heterocycles. The van der Waals surface area contributed by atoms with Crippen molar-refractivity contribution in [3.63, 3.8) is 0 Å². The highest BCUT2D eigenvalue weighted by Crippen LogP contribution is 2.36. The Morgan fingerprint density at radius 2 is 1.90 bits per heavy atom. The molecule has 0 radical (unpaired) electrons. The summed E-state index contributed by atoms with van der Waals surface area (Å²) < 4.78 is 15.7. The molecule has 0 saturated carbocycles. The number of rotatable bonds is 10. The Balaban J connectivity index is 2.15. The van der Waals surface area contributed by atoms with E-state index in [0.29, 0.717) is 28.7 Å². The molecule has 1 N–H and O–H groups in total. The Kier molecular flexibility index (Phi) is 9.22. The van der Waals surface area contributed by atoms with E-state index < -0.39 is 12.0 Å². The maximum atomic E-state index is 12.5. The summed E-state index contributed by atoms with van der Waals surface area (Å²) in [5, 5.41) is 3.23. The number of ether oxygens (including phenoxy) is 3. The van der Waals surface area contributed by atoms with E-state index in [2.05, 4.69) is 5.32 Å². The average Bonchev–Trinajstić information content (AvgIpc) is 2.76. The second kappa shape index (κ2) is 11.9. The fraction of sp³-hybridized carbons (Fsp3) is 0.304. The first kappa shape index (κ1) is 23.3. The van der Waals surface area contributed by atoms with Gasteiger partial charge in [0.05, 0.1) is 38.3 Å². The fourth-order valence-electron chi connectivity index (χ4n) is 2.76. The highest BCUT2D eigenvalue weighted by atomic mass is 35.5. The van der Waals surface area contributed by atoms with Gasteiger partial charge in [0.1, 0.15) is 0 Å². The van der Waals surface area contributed by atoms with Crippen LogP contribution in [0.15, 0.2) is 48.5 Å². The molecular formula is C23H26ClNO5. The van der Waals surface area contributed by atoms with Gasteiger partial charge in [0.15, 0.2) is 11.5 Å². The van der Waals surface area contributed by atoms with Gasteiger partial charge in [-0.05, 0) is 35.8 Å². The molecule has 0 aliphatic rings. The van der Waals surface area contributed by atoms with Gasteiger partial charge in [-0.25, -0.2) is 0 Å². The summed E-state index contributed by atoms with van der Waals surface area (Å²) in [6.07, 6.45) is 3.87. The molecule has 1 amide bonds. The minimum absolute atomic E-state index is 0.0310. The van der Waals surface area contributed by atoms with Gasteiger partial charge >= 0.3 is 5.97 Å². The van der Waals surface area contributed by atoms with Crippen molar-refractivity contribution in [3.8, 4) is 11.5 Å². The van der Waals surface area contributed by atoms with Crippen molar-refractivity contribution in [2.75, 3.05) is 20.8 Å². The Labute approximate surface area is 181 Å². The molecule has 1 unspecified atom stereocenters. The first-order chi connectivity index (χ1) is 14.5. The lowest BCUT2D eigenvalue weighted by atomic mass is 10.0.